The summed E-state index contributed by atoms with van der Waals surface area (Å²) in [7, 11) is 0. The average Bonchev–Trinajstić information content (AvgIpc) is 3.46. The van der Waals surface area contributed by atoms with Gasteiger partial charge in [0.2, 0.25) is 17.7 Å². The SMILES string of the molecule is CC(NC(=O)C(CO)NC(=O)C(N)CC1=CCN(C(=N)N)C1)C(=O)NC1=CC(C(C)C(=O)O)CC1. The number of allylic oxidation sites excluding steroid dienone is 2. The zero-order valence-electron chi connectivity index (χ0n) is 19.9. The molecular weight excluding hydrogens is 458 g/mol. The van der Waals surface area contributed by atoms with Crippen molar-refractivity contribution in [2.45, 2.75) is 51.2 Å². The third kappa shape index (κ3) is 7.79. The van der Waals surface area contributed by atoms with Crippen LogP contribution in [0.3, 0.4) is 0 Å². The van der Waals surface area contributed by atoms with E-state index in [0.29, 0.717) is 31.6 Å². The summed E-state index contributed by atoms with van der Waals surface area (Å²) in [6.45, 7) is 3.21. The summed E-state index contributed by atoms with van der Waals surface area (Å²) in [5.41, 5.74) is 12.8. The molecule has 0 radical (unpaired) electrons. The number of nitrogens with one attached hydrogen (secondary N) is 4. The third-order valence-electron chi connectivity index (χ3n) is 6.20. The highest BCUT2D eigenvalue weighted by Crippen LogP contribution is 2.28. The number of nitrogens with zero attached hydrogens (tertiary/aromatic N) is 1. The van der Waals surface area contributed by atoms with Crippen LogP contribution < -0.4 is 27.4 Å². The molecule has 10 N–H and O–H groups in total. The topological polar surface area (TPSA) is 224 Å². The predicted molar refractivity (Wildman–Crippen MR) is 127 cm³/mol. The van der Waals surface area contributed by atoms with Crippen molar-refractivity contribution >= 4 is 29.7 Å². The van der Waals surface area contributed by atoms with E-state index in [9.17, 15) is 24.3 Å². The fraction of sp³-hybridized carbons (Fsp3) is 0.591. The van der Waals surface area contributed by atoms with Crippen LogP contribution in [-0.2, 0) is 19.2 Å². The van der Waals surface area contributed by atoms with Crippen molar-refractivity contribution in [3.8, 4) is 0 Å². The van der Waals surface area contributed by atoms with Crippen LogP contribution in [0.2, 0.25) is 0 Å². The second kappa shape index (κ2) is 12.3. The molecule has 1 heterocycles. The fourth-order valence-electron chi connectivity index (χ4n) is 3.87. The molecule has 0 fully saturated rings. The number of aliphatic hydroxyl groups is 1. The molecule has 1 aliphatic heterocycles. The molecule has 2 aliphatic rings. The van der Waals surface area contributed by atoms with Gasteiger partial charge in [0.05, 0.1) is 18.6 Å². The van der Waals surface area contributed by atoms with E-state index in [-0.39, 0.29) is 18.3 Å². The molecule has 13 heteroatoms. The van der Waals surface area contributed by atoms with Crippen LogP contribution in [-0.4, -0.2) is 82.6 Å². The van der Waals surface area contributed by atoms with Crippen molar-refractivity contribution in [1.82, 2.24) is 20.9 Å². The van der Waals surface area contributed by atoms with Crippen LogP contribution in [0.25, 0.3) is 0 Å². The second-order valence-electron chi connectivity index (χ2n) is 8.92. The van der Waals surface area contributed by atoms with Crippen molar-refractivity contribution in [2.24, 2.45) is 23.3 Å². The number of guanidine groups is 1. The lowest BCUT2D eigenvalue weighted by Gasteiger charge is -2.22. The van der Waals surface area contributed by atoms with Crippen LogP contribution in [0.5, 0.6) is 0 Å². The van der Waals surface area contributed by atoms with E-state index in [1.54, 1.807) is 17.9 Å². The summed E-state index contributed by atoms with van der Waals surface area (Å²) in [4.78, 5) is 50.2. The lowest BCUT2D eigenvalue weighted by molar-refractivity contribution is -0.142. The molecule has 5 unspecified atom stereocenters. The number of nitrogens with two attached hydrogens (primary N) is 2. The van der Waals surface area contributed by atoms with Gasteiger partial charge in [0.1, 0.15) is 12.1 Å². The van der Waals surface area contributed by atoms with Crippen molar-refractivity contribution in [2.75, 3.05) is 19.7 Å². The van der Waals surface area contributed by atoms with Crippen LogP contribution in [0.1, 0.15) is 33.1 Å². The normalized spacial score (nSPS) is 20.7. The van der Waals surface area contributed by atoms with Crippen LogP contribution in [0.4, 0.5) is 0 Å². The quantitative estimate of drug-likeness (QED) is 0.0899. The predicted octanol–water partition coefficient (Wildman–Crippen LogP) is -2.05. The first-order valence-corrected chi connectivity index (χ1v) is 11.4. The number of aliphatic hydroxyl groups excluding tert-OH is 1. The van der Waals surface area contributed by atoms with Crippen LogP contribution in [0.15, 0.2) is 23.4 Å². The number of carbonyl (C=O) groups is 4. The van der Waals surface area contributed by atoms with Crippen molar-refractivity contribution in [1.29, 1.82) is 5.41 Å². The number of amides is 3. The van der Waals surface area contributed by atoms with E-state index >= 15 is 0 Å². The molecule has 35 heavy (non-hydrogen) atoms. The average molecular weight is 494 g/mol. The van der Waals surface area contributed by atoms with Gasteiger partial charge in [-0.25, -0.2) is 0 Å². The monoisotopic (exact) mass is 493 g/mol. The fourth-order valence-corrected chi connectivity index (χ4v) is 3.87. The highest BCUT2D eigenvalue weighted by atomic mass is 16.4. The van der Waals surface area contributed by atoms with E-state index in [4.69, 9.17) is 22.0 Å². The standard InChI is InChI=1S/C22H35N7O6/c1-11(21(34)35)14-3-4-15(8-14)27-18(31)12(2)26-20(33)17(10-30)28-19(32)16(23)7-13-5-6-29(9-13)22(24)25/h5,8,11-12,14,16-17,30H,3-4,6-7,9-10,23H2,1-2H3,(H3,24,25)(H,26,33)(H,27,31)(H,28,32)(H,34,35). The molecule has 0 aromatic rings. The first-order chi connectivity index (χ1) is 16.4. The molecular formula is C22H35N7O6. The zero-order chi connectivity index (χ0) is 26.3. The van der Waals surface area contributed by atoms with E-state index in [2.05, 4.69) is 16.0 Å². The van der Waals surface area contributed by atoms with Gasteiger partial charge in [0.25, 0.3) is 0 Å². The molecule has 2 rings (SSSR count). The molecule has 5 atom stereocenters. The summed E-state index contributed by atoms with van der Waals surface area (Å²) in [6.07, 6.45) is 4.87. The summed E-state index contributed by atoms with van der Waals surface area (Å²) < 4.78 is 0. The number of aliphatic carboxylic acids is 1. The first kappa shape index (κ1) is 27.8. The Kier molecular flexibility index (Phi) is 9.78. The van der Waals surface area contributed by atoms with Gasteiger partial charge >= 0.3 is 5.97 Å². The van der Waals surface area contributed by atoms with E-state index < -0.39 is 54.3 Å². The molecule has 1 aliphatic carbocycles. The van der Waals surface area contributed by atoms with Gasteiger partial charge in [0, 0.05) is 18.8 Å². The maximum absolute atomic E-state index is 12.5. The van der Waals surface area contributed by atoms with E-state index in [1.165, 1.54) is 6.92 Å². The lowest BCUT2D eigenvalue weighted by Crippen LogP contribution is -2.56. The van der Waals surface area contributed by atoms with Gasteiger partial charge < -0.3 is 42.5 Å². The third-order valence-corrected chi connectivity index (χ3v) is 6.20. The second-order valence-corrected chi connectivity index (χ2v) is 8.92. The number of carboxylic acids is 1. The Bertz CT molecular complexity index is 918. The zero-order valence-corrected chi connectivity index (χ0v) is 19.9. The van der Waals surface area contributed by atoms with Crippen molar-refractivity contribution in [3.63, 3.8) is 0 Å². The van der Waals surface area contributed by atoms with Crippen molar-refractivity contribution < 1.29 is 29.4 Å². The Labute approximate surface area is 203 Å². The minimum Gasteiger partial charge on any atom is -0.481 e. The first-order valence-electron chi connectivity index (χ1n) is 11.4. The Morgan fingerprint density at radius 1 is 1.20 bits per heavy atom. The Balaban J connectivity index is 1.83. The number of carboxylic acid groups (broad SMARTS) is 1. The summed E-state index contributed by atoms with van der Waals surface area (Å²) >= 11 is 0. The number of carbonyl (C=O) groups excluding carboxylic acids is 3. The summed E-state index contributed by atoms with van der Waals surface area (Å²) in [6, 6.07) is -3.26. The van der Waals surface area contributed by atoms with Gasteiger partial charge in [-0.3, -0.25) is 24.6 Å². The molecule has 194 valence electrons. The van der Waals surface area contributed by atoms with E-state index in [1.807, 2.05) is 6.08 Å². The maximum atomic E-state index is 12.5. The van der Waals surface area contributed by atoms with Crippen molar-refractivity contribution in [3.05, 3.63) is 23.4 Å². The van der Waals surface area contributed by atoms with Gasteiger partial charge in [0.15, 0.2) is 5.96 Å². The Morgan fingerprint density at radius 2 is 1.89 bits per heavy atom. The van der Waals surface area contributed by atoms with Gasteiger partial charge in [-0.1, -0.05) is 24.6 Å². The summed E-state index contributed by atoms with van der Waals surface area (Å²) in [5.74, 6) is -3.64. The van der Waals surface area contributed by atoms with Gasteiger partial charge in [-0.05, 0) is 32.1 Å². The Hall–Kier alpha value is -3.45. The number of hydrogen-bond acceptors (Lipinski definition) is 7. The van der Waals surface area contributed by atoms with E-state index in [0.717, 1.165) is 5.57 Å². The lowest BCUT2D eigenvalue weighted by atomic mass is 9.94. The molecule has 0 saturated carbocycles. The van der Waals surface area contributed by atoms with Gasteiger partial charge in [-0.15, -0.1) is 0 Å². The van der Waals surface area contributed by atoms with Gasteiger partial charge in [-0.2, -0.15) is 0 Å². The van der Waals surface area contributed by atoms with Crippen LogP contribution in [0, 0.1) is 17.2 Å². The minimum atomic E-state index is -1.30. The van der Waals surface area contributed by atoms with Crippen LogP contribution >= 0.6 is 0 Å². The molecule has 0 saturated heterocycles. The maximum Gasteiger partial charge on any atom is 0.306 e. The number of hydrogen-bond donors (Lipinski definition) is 8. The molecule has 0 aromatic carbocycles. The Morgan fingerprint density at radius 3 is 2.46 bits per heavy atom. The highest BCUT2D eigenvalue weighted by Gasteiger charge is 2.29. The summed E-state index contributed by atoms with van der Waals surface area (Å²) in [5, 5.41) is 33.7. The molecule has 0 spiro atoms. The smallest absolute Gasteiger partial charge is 0.306 e. The molecule has 0 aromatic heterocycles. The largest absolute Gasteiger partial charge is 0.481 e. The molecule has 3 amide bonds. The molecule has 0 bridgehead atoms. The molecule has 13 nitrogen and oxygen atoms in total. The minimum absolute atomic E-state index is 0.0803. The highest BCUT2D eigenvalue weighted by molar-refractivity contribution is 5.93. The number of rotatable bonds is 11.